The van der Waals surface area contributed by atoms with Crippen LogP contribution in [-0.2, 0) is 21.2 Å². The van der Waals surface area contributed by atoms with Crippen molar-refractivity contribution in [1.82, 2.24) is 4.90 Å². The van der Waals surface area contributed by atoms with E-state index in [0.29, 0.717) is 6.54 Å². The van der Waals surface area contributed by atoms with Crippen LogP contribution in [0.2, 0.25) is 0 Å². The summed E-state index contributed by atoms with van der Waals surface area (Å²) in [4.78, 5) is 13.4. The Kier molecular flexibility index (Phi) is 5.81. The van der Waals surface area contributed by atoms with Crippen LogP contribution in [0.4, 0.5) is 18.9 Å². The number of sulfonamides is 1. The molecule has 1 N–H and O–H groups in total. The van der Waals surface area contributed by atoms with Gasteiger partial charge in [-0.1, -0.05) is 25.1 Å². The molecular weight excluding hydrogens is 321 g/mol. The predicted molar refractivity (Wildman–Crippen MR) is 76.7 cm³/mol. The lowest BCUT2D eigenvalue weighted by Gasteiger charge is -2.18. The van der Waals surface area contributed by atoms with Gasteiger partial charge in [-0.25, -0.2) is 0 Å². The molecule has 124 valence electrons. The number of hydrogen-bond acceptors (Lipinski definition) is 3. The van der Waals surface area contributed by atoms with Gasteiger partial charge in [-0.3, -0.25) is 9.52 Å². The molecule has 22 heavy (non-hydrogen) atoms. The normalized spacial score (nSPS) is 12.0. The van der Waals surface area contributed by atoms with E-state index in [9.17, 15) is 26.4 Å². The third-order valence-corrected chi connectivity index (χ3v) is 3.99. The van der Waals surface area contributed by atoms with Gasteiger partial charge < -0.3 is 4.90 Å². The van der Waals surface area contributed by atoms with Gasteiger partial charge in [0.1, 0.15) is 0 Å². The summed E-state index contributed by atoms with van der Waals surface area (Å²) in [6.07, 6.45) is 0.553. The highest BCUT2D eigenvalue weighted by molar-refractivity contribution is 7.93. The number of carbonyl (C=O) groups excluding carboxylic acids is 1. The Hall–Kier alpha value is -1.77. The van der Waals surface area contributed by atoms with Crippen LogP contribution in [0.5, 0.6) is 0 Å². The first kappa shape index (κ1) is 18.3. The van der Waals surface area contributed by atoms with Crippen LogP contribution in [0, 0.1) is 0 Å². The first-order chi connectivity index (χ1) is 10.1. The summed E-state index contributed by atoms with van der Waals surface area (Å²) >= 11 is 0. The van der Waals surface area contributed by atoms with Crippen molar-refractivity contribution in [2.45, 2.75) is 25.3 Å². The SMILES string of the molecule is CCCN(C)C(=O)Cc1ccccc1NS(=O)(=O)C(F)(F)F. The summed E-state index contributed by atoms with van der Waals surface area (Å²) in [6, 6.07) is 5.50. The molecule has 0 aliphatic heterocycles. The molecule has 0 spiro atoms. The maximum atomic E-state index is 12.4. The Balaban J connectivity index is 2.99. The van der Waals surface area contributed by atoms with E-state index < -0.39 is 15.5 Å². The van der Waals surface area contributed by atoms with Crippen molar-refractivity contribution in [3.8, 4) is 0 Å². The van der Waals surface area contributed by atoms with E-state index in [1.807, 2.05) is 6.92 Å². The van der Waals surface area contributed by atoms with Gasteiger partial charge in [0.25, 0.3) is 0 Å². The number of nitrogens with one attached hydrogen (secondary N) is 1. The zero-order chi connectivity index (χ0) is 17.0. The molecule has 0 heterocycles. The van der Waals surface area contributed by atoms with Gasteiger partial charge in [0.15, 0.2) is 0 Å². The van der Waals surface area contributed by atoms with Gasteiger partial charge in [-0.2, -0.15) is 21.6 Å². The van der Waals surface area contributed by atoms with Crippen molar-refractivity contribution in [2.24, 2.45) is 0 Å². The number of hydrogen-bond donors (Lipinski definition) is 1. The Morgan fingerprint density at radius 1 is 1.27 bits per heavy atom. The molecule has 1 amide bonds. The minimum absolute atomic E-state index is 0.184. The van der Waals surface area contributed by atoms with Gasteiger partial charge in [-0.15, -0.1) is 0 Å². The summed E-state index contributed by atoms with van der Waals surface area (Å²) in [7, 11) is -3.94. The molecule has 0 saturated heterocycles. The second-order valence-electron chi connectivity index (χ2n) is 4.70. The molecule has 0 saturated carbocycles. The maximum Gasteiger partial charge on any atom is 0.516 e. The number of benzene rings is 1. The van der Waals surface area contributed by atoms with Crippen molar-refractivity contribution < 1.29 is 26.4 Å². The van der Waals surface area contributed by atoms with E-state index in [-0.39, 0.29) is 23.6 Å². The fraction of sp³-hybridized carbons (Fsp3) is 0.462. The van der Waals surface area contributed by atoms with Gasteiger partial charge in [0.05, 0.1) is 12.1 Å². The fourth-order valence-electron chi connectivity index (χ4n) is 1.73. The Morgan fingerprint density at radius 3 is 2.41 bits per heavy atom. The smallest absolute Gasteiger partial charge is 0.345 e. The largest absolute Gasteiger partial charge is 0.516 e. The molecule has 0 atom stereocenters. The molecule has 1 aromatic rings. The van der Waals surface area contributed by atoms with Crippen LogP contribution in [0.15, 0.2) is 24.3 Å². The molecule has 0 aliphatic rings. The average molecular weight is 338 g/mol. The van der Waals surface area contributed by atoms with E-state index in [4.69, 9.17) is 0 Å². The van der Waals surface area contributed by atoms with Crippen molar-refractivity contribution in [1.29, 1.82) is 0 Å². The van der Waals surface area contributed by atoms with Crippen LogP contribution >= 0.6 is 0 Å². The second kappa shape index (κ2) is 6.99. The van der Waals surface area contributed by atoms with Crippen molar-refractivity contribution >= 4 is 21.6 Å². The highest BCUT2D eigenvalue weighted by Gasteiger charge is 2.46. The lowest BCUT2D eigenvalue weighted by Crippen LogP contribution is -2.31. The molecule has 1 aromatic carbocycles. The van der Waals surface area contributed by atoms with E-state index in [0.717, 1.165) is 6.42 Å². The van der Waals surface area contributed by atoms with Crippen LogP contribution < -0.4 is 4.72 Å². The Bertz CT molecular complexity index is 630. The predicted octanol–water partition coefficient (Wildman–Crippen LogP) is 2.36. The van der Waals surface area contributed by atoms with Gasteiger partial charge >= 0.3 is 15.5 Å². The lowest BCUT2D eigenvalue weighted by atomic mass is 10.1. The van der Waals surface area contributed by atoms with Crippen molar-refractivity contribution in [3.05, 3.63) is 29.8 Å². The molecule has 0 radical (unpaired) electrons. The molecule has 0 aromatic heterocycles. The number of amides is 1. The Labute approximate surface area is 127 Å². The van der Waals surface area contributed by atoms with Gasteiger partial charge in [-0.05, 0) is 18.1 Å². The Morgan fingerprint density at radius 2 is 1.86 bits per heavy atom. The van der Waals surface area contributed by atoms with Crippen LogP contribution in [0.25, 0.3) is 0 Å². The molecule has 5 nitrogen and oxygen atoms in total. The highest BCUT2D eigenvalue weighted by Crippen LogP contribution is 2.27. The number of halogens is 3. The van der Waals surface area contributed by atoms with Gasteiger partial charge in [0.2, 0.25) is 5.91 Å². The number of carbonyl (C=O) groups is 1. The zero-order valence-electron chi connectivity index (χ0n) is 12.1. The zero-order valence-corrected chi connectivity index (χ0v) is 13.0. The first-order valence-electron chi connectivity index (χ1n) is 6.49. The molecule has 0 aliphatic carbocycles. The second-order valence-corrected chi connectivity index (χ2v) is 6.37. The van der Waals surface area contributed by atoms with Crippen LogP contribution in [0.3, 0.4) is 0 Å². The molecule has 0 bridgehead atoms. The molecule has 0 fully saturated rings. The van der Waals surface area contributed by atoms with Crippen molar-refractivity contribution in [2.75, 3.05) is 18.3 Å². The summed E-state index contributed by atoms with van der Waals surface area (Å²) in [5.74, 6) is -0.305. The van der Waals surface area contributed by atoms with Crippen molar-refractivity contribution in [3.63, 3.8) is 0 Å². The van der Waals surface area contributed by atoms with Gasteiger partial charge in [0, 0.05) is 13.6 Å². The van der Waals surface area contributed by atoms with Crippen LogP contribution in [-0.4, -0.2) is 38.3 Å². The number of alkyl halides is 3. The number of nitrogens with zero attached hydrogens (tertiary/aromatic N) is 1. The number of para-hydroxylation sites is 1. The molecule has 9 heteroatoms. The van der Waals surface area contributed by atoms with E-state index in [1.54, 1.807) is 7.05 Å². The lowest BCUT2D eigenvalue weighted by molar-refractivity contribution is -0.129. The topological polar surface area (TPSA) is 66.5 Å². The third kappa shape index (κ3) is 4.62. The summed E-state index contributed by atoms with van der Waals surface area (Å²) in [5, 5.41) is 0. The minimum atomic E-state index is -5.51. The number of likely N-dealkylation sites (N-methyl/N-ethyl adjacent to an activating group) is 1. The molecule has 0 unspecified atom stereocenters. The molecule has 1 rings (SSSR count). The van der Waals surface area contributed by atoms with Crippen LogP contribution in [0.1, 0.15) is 18.9 Å². The standard InChI is InChI=1S/C13H17F3N2O3S/c1-3-8-18(2)12(19)9-10-6-4-5-7-11(10)17-22(20,21)13(14,15)16/h4-7,17H,3,8-9H2,1-2H3. The van der Waals surface area contributed by atoms with E-state index in [2.05, 4.69) is 0 Å². The van der Waals surface area contributed by atoms with E-state index >= 15 is 0 Å². The quantitative estimate of drug-likeness (QED) is 0.866. The monoisotopic (exact) mass is 338 g/mol. The highest BCUT2D eigenvalue weighted by atomic mass is 32.2. The van der Waals surface area contributed by atoms with E-state index in [1.165, 1.54) is 33.9 Å². The summed E-state index contributed by atoms with van der Waals surface area (Å²) in [5.41, 5.74) is -5.48. The average Bonchev–Trinajstić information content (AvgIpc) is 2.39. The third-order valence-electron chi connectivity index (χ3n) is 2.89. The first-order valence-corrected chi connectivity index (χ1v) is 7.97. The maximum absolute atomic E-state index is 12.4. The number of rotatable bonds is 6. The molecular formula is C13H17F3N2O3S. The fourth-order valence-corrected chi connectivity index (χ4v) is 2.34. The summed E-state index contributed by atoms with van der Waals surface area (Å²) < 4.78 is 61.1. The summed E-state index contributed by atoms with van der Waals surface area (Å²) in [6.45, 7) is 2.39. The number of anilines is 1. The minimum Gasteiger partial charge on any atom is -0.345 e.